The zero-order valence-electron chi connectivity index (χ0n) is 17.1. The number of hydrogen-bond donors (Lipinski definition) is 1. The third-order valence-corrected chi connectivity index (χ3v) is 6.79. The highest BCUT2D eigenvalue weighted by Crippen LogP contribution is 2.41. The van der Waals surface area contributed by atoms with Crippen LogP contribution in [0, 0.1) is 5.92 Å². The van der Waals surface area contributed by atoms with Crippen LogP contribution in [0.25, 0.3) is 0 Å². The normalized spacial score (nSPS) is 22.9. The third kappa shape index (κ3) is 3.51. The van der Waals surface area contributed by atoms with E-state index in [0.717, 1.165) is 30.7 Å². The summed E-state index contributed by atoms with van der Waals surface area (Å²) in [6, 6.07) is 9.87. The SMILES string of the molecule is O=C(NCc1ccccc1)C1Cn2ccnc2C2(CCN(C(=O)C3CCC3)CC2)O1. The molecule has 1 aromatic carbocycles. The Bertz CT molecular complexity index is 914. The molecule has 0 radical (unpaired) electrons. The predicted octanol–water partition coefficient (Wildman–Crippen LogP) is 2.22. The highest BCUT2D eigenvalue weighted by atomic mass is 16.5. The molecule has 2 aromatic rings. The van der Waals surface area contributed by atoms with Crippen LogP contribution in [0.1, 0.15) is 43.5 Å². The van der Waals surface area contributed by atoms with Crippen molar-refractivity contribution in [1.82, 2.24) is 19.8 Å². The fourth-order valence-corrected chi connectivity index (χ4v) is 4.78. The van der Waals surface area contributed by atoms with Crippen LogP contribution in [-0.2, 0) is 33.0 Å². The van der Waals surface area contributed by atoms with E-state index in [2.05, 4.69) is 10.3 Å². The molecule has 1 unspecified atom stereocenters. The molecule has 1 saturated heterocycles. The molecule has 1 atom stereocenters. The summed E-state index contributed by atoms with van der Waals surface area (Å²) in [5.41, 5.74) is 0.454. The summed E-state index contributed by atoms with van der Waals surface area (Å²) >= 11 is 0. The Balaban J connectivity index is 1.27. The van der Waals surface area contributed by atoms with E-state index in [1.165, 1.54) is 0 Å². The van der Waals surface area contributed by atoms with Gasteiger partial charge in [-0.2, -0.15) is 0 Å². The van der Waals surface area contributed by atoms with Gasteiger partial charge < -0.3 is 19.5 Å². The molecule has 1 N–H and O–H groups in total. The van der Waals surface area contributed by atoms with E-state index >= 15 is 0 Å². The van der Waals surface area contributed by atoms with Crippen molar-refractivity contribution in [1.29, 1.82) is 0 Å². The number of benzene rings is 1. The topological polar surface area (TPSA) is 76.5 Å². The van der Waals surface area contributed by atoms with Crippen LogP contribution < -0.4 is 5.32 Å². The van der Waals surface area contributed by atoms with Crippen molar-refractivity contribution in [2.24, 2.45) is 5.92 Å². The molecular weight excluding hydrogens is 380 g/mol. The quantitative estimate of drug-likeness (QED) is 0.842. The fraction of sp³-hybridized carbons (Fsp3) is 0.522. The highest BCUT2D eigenvalue weighted by Gasteiger charge is 2.48. The van der Waals surface area contributed by atoms with Gasteiger partial charge in [-0.1, -0.05) is 36.8 Å². The van der Waals surface area contributed by atoms with E-state index in [-0.39, 0.29) is 17.7 Å². The van der Waals surface area contributed by atoms with Gasteiger partial charge in [0.15, 0.2) is 6.10 Å². The van der Waals surface area contributed by atoms with Gasteiger partial charge in [0.1, 0.15) is 11.4 Å². The average molecular weight is 409 g/mol. The average Bonchev–Trinajstić information content (AvgIpc) is 3.22. The molecule has 1 aromatic heterocycles. The number of likely N-dealkylation sites (tertiary alicyclic amines) is 1. The number of aromatic nitrogens is 2. The van der Waals surface area contributed by atoms with Crippen molar-refractivity contribution in [2.45, 2.75) is 56.9 Å². The number of carbonyl (C=O) groups is 2. The molecule has 5 rings (SSSR count). The van der Waals surface area contributed by atoms with Crippen molar-refractivity contribution in [3.05, 3.63) is 54.1 Å². The second-order valence-corrected chi connectivity index (χ2v) is 8.66. The first-order valence-corrected chi connectivity index (χ1v) is 10.9. The summed E-state index contributed by atoms with van der Waals surface area (Å²) in [5, 5.41) is 3.01. The zero-order valence-corrected chi connectivity index (χ0v) is 17.1. The number of piperidine rings is 1. The Labute approximate surface area is 176 Å². The molecule has 2 fully saturated rings. The van der Waals surface area contributed by atoms with Crippen molar-refractivity contribution in [2.75, 3.05) is 13.1 Å². The molecular formula is C23H28N4O3. The maximum absolute atomic E-state index is 12.9. The minimum absolute atomic E-state index is 0.106. The minimum Gasteiger partial charge on any atom is -0.352 e. The third-order valence-electron chi connectivity index (χ3n) is 6.79. The van der Waals surface area contributed by atoms with Crippen LogP contribution in [0.4, 0.5) is 0 Å². The summed E-state index contributed by atoms with van der Waals surface area (Å²) in [4.78, 5) is 32.1. The van der Waals surface area contributed by atoms with Gasteiger partial charge in [0, 0.05) is 50.8 Å². The molecule has 3 heterocycles. The monoisotopic (exact) mass is 408 g/mol. The number of carbonyl (C=O) groups excluding carboxylic acids is 2. The van der Waals surface area contributed by atoms with E-state index in [9.17, 15) is 9.59 Å². The molecule has 2 aliphatic heterocycles. The summed E-state index contributed by atoms with van der Waals surface area (Å²) in [5.74, 6) is 1.27. The summed E-state index contributed by atoms with van der Waals surface area (Å²) in [6.07, 6.45) is 7.67. The second kappa shape index (κ2) is 7.87. The van der Waals surface area contributed by atoms with Gasteiger partial charge in [-0.25, -0.2) is 4.98 Å². The van der Waals surface area contributed by atoms with Crippen LogP contribution in [0.15, 0.2) is 42.7 Å². The fourth-order valence-electron chi connectivity index (χ4n) is 4.78. The number of nitrogens with zero attached hydrogens (tertiary/aromatic N) is 3. The first kappa shape index (κ1) is 19.3. The minimum atomic E-state index is -0.604. The molecule has 3 aliphatic rings. The van der Waals surface area contributed by atoms with E-state index in [0.29, 0.717) is 39.0 Å². The Hall–Kier alpha value is -2.67. The van der Waals surface area contributed by atoms with Gasteiger partial charge >= 0.3 is 0 Å². The Morgan fingerprint density at radius 3 is 2.63 bits per heavy atom. The lowest BCUT2D eigenvalue weighted by Gasteiger charge is -2.46. The molecule has 1 aliphatic carbocycles. The second-order valence-electron chi connectivity index (χ2n) is 8.66. The van der Waals surface area contributed by atoms with Crippen LogP contribution in [0.3, 0.4) is 0 Å². The number of ether oxygens (including phenoxy) is 1. The predicted molar refractivity (Wildman–Crippen MR) is 110 cm³/mol. The van der Waals surface area contributed by atoms with Crippen molar-refractivity contribution in [3.63, 3.8) is 0 Å². The smallest absolute Gasteiger partial charge is 0.251 e. The molecule has 0 bridgehead atoms. The summed E-state index contributed by atoms with van der Waals surface area (Å²) in [6.45, 7) is 2.25. The Kier molecular flexibility index (Phi) is 5.06. The number of rotatable bonds is 4. The number of fused-ring (bicyclic) bond motifs is 2. The lowest BCUT2D eigenvalue weighted by Crippen LogP contribution is -2.55. The van der Waals surface area contributed by atoms with E-state index in [1.54, 1.807) is 6.20 Å². The van der Waals surface area contributed by atoms with E-state index < -0.39 is 11.7 Å². The van der Waals surface area contributed by atoms with E-state index in [4.69, 9.17) is 4.74 Å². The van der Waals surface area contributed by atoms with E-state index in [1.807, 2.05) is 46.0 Å². The van der Waals surface area contributed by atoms with Gasteiger partial charge in [-0.15, -0.1) is 0 Å². The zero-order chi connectivity index (χ0) is 20.6. The van der Waals surface area contributed by atoms with Crippen LogP contribution in [0.2, 0.25) is 0 Å². The van der Waals surface area contributed by atoms with Crippen molar-refractivity contribution < 1.29 is 14.3 Å². The first-order valence-electron chi connectivity index (χ1n) is 10.9. The van der Waals surface area contributed by atoms with Gasteiger partial charge in [-0.05, 0) is 18.4 Å². The van der Waals surface area contributed by atoms with Gasteiger partial charge in [0.25, 0.3) is 5.91 Å². The molecule has 1 spiro atoms. The largest absolute Gasteiger partial charge is 0.352 e. The Morgan fingerprint density at radius 2 is 1.93 bits per heavy atom. The standard InChI is InChI=1S/C23H28N4O3/c28-20(25-15-17-5-2-1-3-6-17)19-16-27-14-11-24-22(27)23(30-19)9-12-26(13-10-23)21(29)18-7-4-8-18/h1-3,5-6,11,14,18-19H,4,7-10,12-13,15-16H2,(H,25,28). The van der Waals surface area contributed by atoms with Gasteiger partial charge in [-0.3, -0.25) is 9.59 Å². The first-order chi connectivity index (χ1) is 14.6. The van der Waals surface area contributed by atoms with Crippen LogP contribution in [-0.4, -0.2) is 45.5 Å². The van der Waals surface area contributed by atoms with Crippen molar-refractivity contribution >= 4 is 11.8 Å². The summed E-state index contributed by atoms with van der Waals surface area (Å²) in [7, 11) is 0. The molecule has 7 nitrogen and oxygen atoms in total. The highest BCUT2D eigenvalue weighted by molar-refractivity contribution is 5.81. The van der Waals surface area contributed by atoms with Crippen molar-refractivity contribution in [3.8, 4) is 0 Å². The number of nitrogens with one attached hydrogen (secondary N) is 1. The molecule has 30 heavy (non-hydrogen) atoms. The summed E-state index contributed by atoms with van der Waals surface area (Å²) < 4.78 is 8.49. The number of imidazole rings is 1. The number of amides is 2. The molecule has 1 saturated carbocycles. The van der Waals surface area contributed by atoms with Crippen LogP contribution >= 0.6 is 0 Å². The lowest BCUT2D eigenvalue weighted by molar-refractivity contribution is -0.177. The lowest BCUT2D eigenvalue weighted by atomic mass is 9.82. The van der Waals surface area contributed by atoms with Gasteiger partial charge in [0.2, 0.25) is 5.91 Å². The molecule has 7 heteroatoms. The maximum Gasteiger partial charge on any atom is 0.251 e. The maximum atomic E-state index is 12.9. The van der Waals surface area contributed by atoms with Gasteiger partial charge in [0.05, 0.1) is 6.54 Å². The number of hydrogen-bond acceptors (Lipinski definition) is 4. The van der Waals surface area contributed by atoms with Crippen LogP contribution in [0.5, 0.6) is 0 Å². The molecule has 2 amide bonds. The molecule has 158 valence electrons. The Morgan fingerprint density at radius 1 is 1.17 bits per heavy atom.